The standard InChI is InChI=1S/C13H19FN2O2S/c1-10-12(14)4-3-5-13(10)19(17,18)16(2)11-6-8-15-9-7-11/h3-5,11,15H,6-9H2,1-2H3. The maximum atomic E-state index is 13.5. The number of halogens is 1. The number of benzene rings is 1. The lowest BCUT2D eigenvalue weighted by Gasteiger charge is -2.31. The summed E-state index contributed by atoms with van der Waals surface area (Å²) in [6, 6.07) is 4.16. The van der Waals surface area contributed by atoms with Crippen LogP contribution in [-0.2, 0) is 10.0 Å². The van der Waals surface area contributed by atoms with Crippen LogP contribution < -0.4 is 5.32 Å². The fourth-order valence-corrected chi connectivity index (χ4v) is 4.04. The van der Waals surface area contributed by atoms with Crippen LogP contribution >= 0.6 is 0 Å². The molecule has 0 radical (unpaired) electrons. The molecule has 1 fully saturated rings. The van der Waals surface area contributed by atoms with Crippen molar-refractivity contribution in [3.8, 4) is 0 Å². The van der Waals surface area contributed by atoms with Gasteiger partial charge in [-0.25, -0.2) is 12.8 Å². The molecular weight excluding hydrogens is 267 g/mol. The first-order chi connectivity index (χ1) is 8.94. The van der Waals surface area contributed by atoms with E-state index in [2.05, 4.69) is 5.32 Å². The van der Waals surface area contributed by atoms with Gasteiger partial charge in [-0.1, -0.05) is 6.07 Å². The van der Waals surface area contributed by atoms with E-state index in [1.165, 1.54) is 29.4 Å². The van der Waals surface area contributed by atoms with Crippen LogP contribution in [0.2, 0.25) is 0 Å². The van der Waals surface area contributed by atoms with Gasteiger partial charge in [0.15, 0.2) is 0 Å². The van der Waals surface area contributed by atoms with Crippen molar-refractivity contribution in [3.05, 3.63) is 29.6 Å². The molecule has 19 heavy (non-hydrogen) atoms. The summed E-state index contributed by atoms with van der Waals surface area (Å²) in [5.41, 5.74) is 0.184. The average molecular weight is 286 g/mol. The van der Waals surface area contributed by atoms with Crippen LogP contribution in [0.1, 0.15) is 18.4 Å². The van der Waals surface area contributed by atoms with Gasteiger partial charge in [0, 0.05) is 18.7 Å². The number of nitrogens with one attached hydrogen (secondary N) is 1. The first-order valence-corrected chi connectivity index (χ1v) is 7.82. The molecule has 0 atom stereocenters. The van der Waals surface area contributed by atoms with Crippen LogP contribution in [0.25, 0.3) is 0 Å². The summed E-state index contributed by atoms with van der Waals surface area (Å²) < 4.78 is 40.0. The normalized spacial score (nSPS) is 17.9. The highest BCUT2D eigenvalue weighted by molar-refractivity contribution is 7.89. The van der Waals surface area contributed by atoms with Crippen molar-refractivity contribution in [2.45, 2.75) is 30.7 Å². The average Bonchev–Trinajstić information content (AvgIpc) is 2.41. The fourth-order valence-electron chi connectivity index (χ4n) is 2.39. The molecule has 106 valence electrons. The zero-order valence-electron chi connectivity index (χ0n) is 11.2. The summed E-state index contributed by atoms with van der Waals surface area (Å²) in [6.45, 7) is 3.12. The maximum absolute atomic E-state index is 13.5. The first kappa shape index (κ1) is 14.4. The number of hydrogen-bond donors (Lipinski definition) is 1. The van der Waals surface area contributed by atoms with E-state index in [9.17, 15) is 12.8 Å². The lowest BCUT2D eigenvalue weighted by molar-refractivity contribution is 0.296. The van der Waals surface area contributed by atoms with E-state index in [-0.39, 0.29) is 16.5 Å². The van der Waals surface area contributed by atoms with Crippen molar-refractivity contribution in [2.24, 2.45) is 0 Å². The Hall–Kier alpha value is -0.980. The first-order valence-electron chi connectivity index (χ1n) is 6.38. The topological polar surface area (TPSA) is 49.4 Å². The van der Waals surface area contributed by atoms with Crippen LogP contribution in [0.4, 0.5) is 4.39 Å². The molecule has 1 saturated heterocycles. The second kappa shape index (κ2) is 5.56. The van der Waals surface area contributed by atoms with Gasteiger partial charge in [-0.15, -0.1) is 0 Å². The summed E-state index contributed by atoms with van der Waals surface area (Å²) in [5.74, 6) is -0.486. The molecule has 1 N–H and O–H groups in total. The Bertz CT molecular complexity index is 554. The highest BCUT2D eigenvalue weighted by Crippen LogP contribution is 2.24. The minimum atomic E-state index is -3.63. The predicted octanol–water partition coefficient (Wildman–Crippen LogP) is 1.51. The number of hydrogen-bond acceptors (Lipinski definition) is 3. The second-order valence-electron chi connectivity index (χ2n) is 4.87. The zero-order valence-corrected chi connectivity index (χ0v) is 12.0. The van der Waals surface area contributed by atoms with Gasteiger partial charge in [-0.05, 0) is 45.0 Å². The van der Waals surface area contributed by atoms with Crippen molar-refractivity contribution in [2.75, 3.05) is 20.1 Å². The highest BCUT2D eigenvalue weighted by atomic mass is 32.2. The highest BCUT2D eigenvalue weighted by Gasteiger charge is 2.30. The molecule has 0 aliphatic carbocycles. The van der Waals surface area contributed by atoms with E-state index in [1.807, 2.05) is 0 Å². The monoisotopic (exact) mass is 286 g/mol. The zero-order chi connectivity index (χ0) is 14.0. The lowest BCUT2D eigenvalue weighted by Crippen LogP contribution is -2.44. The van der Waals surface area contributed by atoms with E-state index in [0.717, 1.165) is 25.9 Å². The van der Waals surface area contributed by atoms with Crippen LogP contribution in [0, 0.1) is 12.7 Å². The molecule has 1 aromatic rings. The van der Waals surface area contributed by atoms with Gasteiger partial charge in [-0.2, -0.15) is 4.31 Å². The Morgan fingerprint density at radius 2 is 1.95 bits per heavy atom. The van der Waals surface area contributed by atoms with E-state index in [0.29, 0.717) is 0 Å². The molecule has 0 saturated carbocycles. The Morgan fingerprint density at radius 3 is 2.58 bits per heavy atom. The SMILES string of the molecule is Cc1c(F)cccc1S(=O)(=O)N(C)C1CCNCC1. The van der Waals surface area contributed by atoms with Crippen molar-refractivity contribution < 1.29 is 12.8 Å². The third-order valence-corrected chi connectivity index (χ3v) is 5.75. The Balaban J connectivity index is 2.33. The van der Waals surface area contributed by atoms with Crippen LogP contribution in [0.15, 0.2) is 23.1 Å². The minimum absolute atomic E-state index is 0.0195. The van der Waals surface area contributed by atoms with Crippen molar-refractivity contribution >= 4 is 10.0 Å². The van der Waals surface area contributed by atoms with Crippen LogP contribution in [0.3, 0.4) is 0 Å². The molecule has 4 nitrogen and oxygen atoms in total. The second-order valence-corrected chi connectivity index (χ2v) is 6.83. The maximum Gasteiger partial charge on any atom is 0.243 e. The molecule has 6 heteroatoms. The molecule has 0 aromatic heterocycles. The minimum Gasteiger partial charge on any atom is -0.317 e. The van der Waals surface area contributed by atoms with Gasteiger partial charge in [0.05, 0.1) is 4.90 Å². The molecule has 0 bridgehead atoms. The summed E-state index contributed by atoms with van der Waals surface area (Å²) in [5, 5.41) is 3.20. The van der Waals surface area contributed by atoms with Crippen molar-refractivity contribution in [1.29, 1.82) is 0 Å². The predicted molar refractivity (Wildman–Crippen MR) is 72.0 cm³/mol. The molecular formula is C13H19FN2O2S. The van der Waals surface area contributed by atoms with Crippen molar-refractivity contribution in [3.63, 3.8) is 0 Å². The van der Waals surface area contributed by atoms with Gasteiger partial charge in [0.25, 0.3) is 0 Å². The molecule has 2 rings (SSSR count). The van der Waals surface area contributed by atoms with Gasteiger partial charge in [-0.3, -0.25) is 0 Å². The fraction of sp³-hybridized carbons (Fsp3) is 0.538. The lowest BCUT2D eigenvalue weighted by atomic mass is 10.1. The van der Waals surface area contributed by atoms with Crippen LogP contribution in [-0.4, -0.2) is 38.9 Å². The summed E-state index contributed by atoms with van der Waals surface area (Å²) in [4.78, 5) is 0.0635. The molecule has 0 amide bonds. The van der Waals surface area contributed by atoms with Gasteiger partial charge < -0.3 is 5.32 Å². The summed E-state index contributed by atoms with van der Waals surface area (Å²) in [6.07, 6.45) is 1.56. The number of sulfonamides is 1. The smallest absolute Gasteiger partial charge is 0.243 e. The molecule has 1 heterocycles. The molecule has 0 unspecified atom stereocenters. The largest absolute Gasteiger partial charge is 0.317 e. The van der Waals surface area contributed by atoms with E-state index >= 15 is 0 Å². The van der Waals surface area contributed by atoms with E-state index in [1.54, 1.807) is 7.05 Å². The molecule has 0 spiro atoms. The quantitative estimate of drug-likeness (QED) is 0.916. The number of rotatable bonds is 3. The molecule has 1 aliphatic heterocycles. The van der Waals surface area contributed by atoms with Gasteiger partial charge in [0.1, 0.15) is 5.82 Å². The third-order valence-electron chi connectivity index (χ3n) is 3.70. The molecule has 1 aliphatic rings. The third kappa shape index (κ3) is 2.80. The van der Waals surface area contributed by atoms with Gasteiger partial charge >= 0.3 is 0 Å². The van der Waals surface area contributed by atoms with E-state index < -0.39 is 15.8 Å². The Kier molecular flexibility index (Phi) is 4.23. The molecule has 1 aromatic carbocycles. The van der Waals surface area contributed by atoms with E-state index in [4.69, 9.17) is 0 Å². The number of nitrogens with zero attached hydrogens (tertiary/aromatic N) is 1. The summed E-state index contributed by atoms with van der Waals surface area (Å²) >= 11 is 0. The summed E-state index contributed by atoms with van der Waals surface area (Å²) in [7, 11) is -2.05. The van der Waals surface area contributed by atoms with Gasteiger partial charge in [0.2, 0.25) is 10.0 Å². The number of piperidine rings is 1. The van der Waals surface area contributed by atoms with Crippen molar-refractivity contribution in [1.82, 2.24) is 9.62 Å². The Morgan fingerprint density at radius 1 is 1.32 bits per heavy atom. The Labute approximate surface area is 113 Å². The van der Waals surface area contributed by atoms with Crippen LogP contribution in [0.5, 0.6) is 0 Å².